The molecule has 2 aromatic carbocycles. The molecule has 0 aromatic heterocycles. The molecule has 2 aromatic rings. The Kier molecular flexibility index (Phi) is 4.48. The smallest absolute Gasteiger partial charge is 0.255 e. The zero-order valence-corrected chi connectivity index (χ0v) is 15.5. The first-order valence-corrected chi connectivity index (χ1v) is 9.08. The van der Waals surface area contributed by atoms with Crippen LogP contribution in [-0.2, 0) is 11.2 Å². The highest BCUT2D eigenvalue weighted by atomic mass is 16.5. The number of hydrogen-bond donors (Lipinski definition) is 1. The molecule has 1 aliphatic heterocycles. The van der Waals surface area contributed by atoms with Crippen LogP contribution in [0.15, 0.2) is 36.4 Å². The molecule has 2 aliphatic rings. The molecular formula is C21H22N2O4. The number of anilines is 2. The van der Waals surface area contributed by atoms with E-state index in [4.69, 9.17) is 9.47 Å². The molecule has 140 valence electrons. The Labute approximate surface area is 158 Å². The summed E-state index contributed by atoms with van der Waals surface area (Å²) in [6, 6.07) is 10.8. The number of benzene rings is 2. The van der Waals surface area contributed by atoms with Crippen molar-refractivity contribution in [2.75, 3.05) is 31.0 Å². The highest BCUT2D eigenvalue weighted by Crippen LogP contribution is 2.37. The van der Waals surface area contributed by atoms with E-state index in [1.54, 1.807) is 38.5 Å². The summed E-state index contributed by atoms with van der Waals surface area (Å²) in [5.74, 6) is 1.38. The fourth-order valence-corrected chi connectivity index (χ4v) is 3.44. The lowest BCUT2D eigenvalue weighted by Crippen LogP contribution is -2.30. The molecule has 0 unspecified atom stereocenters. The molecule has 1 N–H and O–H groups in total. The molecule has 4 rings (SSSR count). The highest BCUT2D eigenvalue weighted by Gasteiger charge is 2.36. The SMILES string of the molecule is COc1ccc(NC(=O)c2ccc3c(c2)CCN3C(=O)C2CC2)cc1OC. The van der Waals surface area contributed by atoms with Crippen LogP contribution in [0.25, 0.3) is 0 Å². The van der Waals surface area contributed by atoms with Crippen LogP contribution < -0.4 is 19.7 Å². The minimum Gasteiger partial charge on any atom is -0.493 e. The minimum atomic E-state index is -0.197. The molecule has 0 atom stereocenters. The summed E-state index contributed by atoms with van der Waals surface area (Å²) < 4.78 is 10.5. The number of rotatable bonds is 5. The molecule has 6 heteroatoms. The molecular weight excluding hydrogens is 344 g/mol. The van der Waals surface area contributed by atoms with Gasteiger partial charge in [0.2, 0.25) is 5.91 Å². The number of carbonyl (C=O) groups is 2. The van der Waals surface area contributed by atoms with E-state index in [1.165, 1.54) is 0 Å². The van der Waals surface area contributed by atoms with Gasteiger partial charge in [-0.3, -0.25) is 9.59 Å². The zero-order chi connectivity index (χ0) is 19.0. The van der Waals surface area contributed by atoms with Crippen molar-refractivity contribution in [3.63, 3.8) is 0 Å². The average Bonchev–Trinajstić information content (AvgIpc) is 3.46. The third kappa shape index (κ3) is 3.35. The Morgan fingerprint density at radius 3 is 2.52 bits per heavy atom. The first-order chi connectivity index (χ1) is 13.1. The van der Waals surface area contributed by atoms with Crippen LogP contribution >= 0.6 is 0 Å². The topological polar surface area (TPSA) is 67.9 Å². The molecule has 0 bridgehead atoms. The second-order valence-corrected chi connectivity index (χ2v) is 6.88. The maximum absolute atomic E-state index is 12.6. The van der Waals surface area contributed by atoms with E-state index in [0.29, 0.717) is 29.3 Å². The van der Waals surface area contributed by atoms with Crippen molar-refractivity contribution in [2.24, 2.45) is 5.92 Å². The Morgan fingerprint density at radius 2 is 1.81 bits per heavy atom. The van der Waals surface area contributed by atoms with Crippen molar-refractivity contribution >= 4 is 23.2 Å². The maximum Gasteiger partial charge on any atom is 0.255 e. The van der Waals surface area contributed by atoms with Crippen LogP contribution in [-0.4, -0.2) is 32.6 Å². The van der Waals surface area contributed by atoms with Crippen molar-refractivity contribution in [1.82, 2.24) is 0 Å². The molecule has 2 amide bonds. The molecule has 0 saturated heterocycles. The molecule has 1 saturated carbocycles. The minimum absolute atomic E-state index is 0.197. The van der Waals surface area contributed by atoms with E-state index < -0.39 is 0 Å². The number of nitrogens with one attached hydrogen (secondary N) is 1. The summed E-state index contributed by atoms with van der Waals surface area (Å²) in [7, 11) is 3.12. The Hall–Kier alpha value is -3.02. The van der Waals surface area contributed by atoms with Crippen LogP contribution in [0.4, 0.5) is 11.4 Å². The van der Waals surface area contributed by atoms with E-state index in [1.807, 2.05) is 17.0 Å². The molecule has 1 heterocycles. The van der Waals surface area contributed by atoms with E-state index in [0.717, 1.165) is 30.5 Å². The summed E-state index contributed by atoms with van der Waals surface area (Å²) in [6.07, 6.45) is 2.78. The fraction of sp³-hybridized carbons (Fsp3) is 0.333. The molecule has 27 heavy (non-hydrogen) atoms. The third-order valence-corrected chi connectivity index (χ3v) is 5.07. The maximum atomic E-state index is 12.6. The second-order valence-electron chi connectivity index (χ2n) is 6.88. The first-order valence-electron chi connectivity index (χ1n) is 9.08. The predicted molar refractivity (Wildman–Crippen MR) is 103 cm³/mol. The van der Waals surface area contributed by atoms with Gasteiger partial charge in [0, 0.05) is 35.5 Å². The normalized spacial score (nSPS) is 15.3. The largest absolute Gasteiger partial charge is 0.493 e. The Morgan fingerprint density at radius 1 is 1.04 bits per heavy atom. The third-order valence-electron chi connectivity index (χ3n) is 5.07. The van der Waals surface area contributed by atoms with E-state index in [9.17, 15) is 9.59 Å². The number of ether oxygens (including phenoxy) is 2. The summed E-state index contributed by atoms with van der Waals surface area (Å²) in [6.45, 7) is 0.700. The number of carbonyl (C=O) groups excluding carboxylic acids is 2. The van der Waals surface area contributed by atoms with Gasteiger partial charge in [-0.05, 0) is 55.2 Å². The average molecular weight is 366 g/mol. The Bertz CT molecular complexity index is 905. The van der Waals surface area contributed by atoms with Crippen molar-refractivity contribution in [3.05, 3.63) is 47.5 Å². The van der Waals surface area contributed by atoms with E-state index >= 15 is 0 Å². The molecule has 1 fully saturated rings. The van der Waals surface area contributed by atoms with Gasteiger partial charge in [0.25, 0.3) is 5.91 Å². The van der Waals surface area contributed by atoms with Crippen LogP contribution in [0.1, 0.15) is 28.8 Å². The molecule has 6 nitrogen and oxygen atoms in total. The van der Waals surface area contributed by atoms with Crippen LogP contribution in [0.3, 0.4) is 0 Å². The van der Waals surface area contributed by atoms with E-state index in [2.05, 4.69) is 5.32 Å². The van der Waals surface area contributed by atoms with Crippen LogP contribution in [0, 0.1) is 5.92 Å². The van der Waals surface area contributed by atoms with Gasteiger partial charge in [0.15, 0.2) is 11.5 Å². The lowest BCUT2D eigenvalue weighted by molar-refractivity contribution is -0.119. The van der Waals surface area contributed by atoms with Gasteiger partial charge in [0.05, 0.1) is 14.2 Å². The van der Waals surface area contributed by atoms with Crippen molar-refractivity contribution in [3.8, 4) is 11.5 Å². The van der Waals surface area contributed by atoms with Crippen LogP contribution in [0.2, 0.25) is 0 Å². The van der Waals surface area contributed by atoms with Gasteiger partial charge >= 0.3 is 0 Å². The van der Waals surface area contributed by atoms with Gasteiger partial charge in [-0.2, -0.15) is 0 Å². The number of methoxy groups -OCH3 is 2. The number of fused-ring (bicyclic) bond motifs is 1. The molecule has 0 spiro atoms. The first kappa shape index (κ1) is 17.4. The molecule has 0 radical (unpaired) electrons. The van der Waals surface area contributed by atoms with Crippen molar-refractivity contribution < 1.29 is 19.1 Å². The second kappa shape index (κ2) is 6.95. The number of hydrogen-bond acceptors (Lipinski definition) is 4. The van der Waals surface area contributed by atoms with Gasteiger partial charge < -0.3 is 19.7 Å². The summed E-state index contributed by atoms with van der Waals surface area (Å²) in [4.78, 5) is 26.9. The van der Waals surface area contributed by atoms with Gasteiger partial charge in [-0.1, -0.05) is 0 Å². The van der Waals surface area contributed by atoms with Crippen LogP contribution in [0.5, 0.6) is 11.5 Å². The van der Waals surface area contributed by atoms with Crippen molar-refractivity contribution in [2.45, 2.75) is 19.3 Å². The van der Waals surface area contributed by atoms with Gasteiger partial charge in [-0.25, -0.2) is 0 Å². The van der Waals surface area contributed by atoms with Gasteiger partial charge in [-0.15, -0.1) is 0 Å². The Balaban J connectivity index is 1.51. The lowest BCUT2D eigenvalue weighted by atomic mass is 10.1. The van der Waals surface area contributed by atoms with E-state index in [-0.39, 0.29) is 17.7 Å². The fourth-order valence-electron chi connectivity index (χ4n) is 3.44. The molecule has 1 aliphatic carbocycles. The lowest BCUT2D eigenvalue weighted by Gasteiger charge is -2.17. The zero-order valence-electron chi connectivity index (χ0n) is 15.5. The predicted octanol–water partition coefficient (Wildman–Crippen LogP) is 3.26. The summed E-state index contributed by atoms with van der Waals surface area (Å²) >= 11 is 0. The standard InChI is InChI=1S/C21H22N2O4/c1-26-18-8-6-16(12-19(18)27-2)22-20(24)15-5-7-17-14(11-15)9-10-23(17)21(25)13-3-4-13/h5-8,11-13H,3-4,9-10H2,1-2H3,(H,22,24). The summed E-state index contributed by atoms with van der Waals surface area (Å²) in [5, 5.41) is 2.88. The number of amides is 2. The highest BCUT2D eigenvalue weighted by molar-refractivity contribution is 6.05. The van der Waals surface area contributed by atoms with Gasteiger partial charge in [0.1, 0.15) is 0 Å². The quantitative estimate of drug-likeness (QED) is 0.882. The monoisotopic (exact) mass is 366 g/mol. The van der Waals surface area contributed by atoms with Crippen molar-refractivity contribution in [1.29, 1.82) is 0 Å². The number of nitrogens with zero attached hydrogens (tertiary/aromatic N) is 1. The summed E-state index contributed by atoms with van der Waals surface area (Å²) in [5.41, 5.74) is 3.19.